The lowest BCUT2D eigenvalue weighted by Gasteiger charge is -2.35. The zero-order chi connectivity index (χ0) is 27.5. The number of sulfonamides is 2. The van der Waals surface area contributed by atoms with Crippen LogP contribution in [0.15, 0.2) is 99.1 Å². The second-order valence-electron chi connectivity index (χ2n) is 9.59. The maximum absolute atomic E-state index is 13.8. The van der Waals surface area contributed by atoms with E-state index in [1.165, 1.54) is 4.31 Å². The predicted molar refractivity (Wildman–Crippen MR) is 149 cm³/mol. The predicted octanol–water partition coefficient (Wildman–Crippen LogP) is 3.12. The van der Waals surface area contributed by atoms with Crippen molar-refractivity contribution in [1.29, 1.82) is 0 Å². The first-order chi connectivity index (χ1) is 18.8. The van der Waals surface area contributed by atoms with Crippen LogP contribution in [0.3, 0.4) is 0 Å². The Morgan fingerprint density at radius 2 is 1.41 bits per heavy atom. The Balaban J connectivity index is 1.60. The van der Waals surface area contributed by atoms with Crippen molar-refractivity contribution in [2.45, 2.75) is 22.9 Å². The quantitative estimate of drug-likeness (QED) is 0.319. The molecule has 0 amide bonds. The molecule has 2 saturated heterocycles. The maximum atomic E-state index is 13.8. The summed E-state index contributed by atoms with van der Waals surface area (Å²) in [6.07, 6.45) is -0.760. The monoisotopic (exact) mass is 568 g/mol. The van der Waals surface area contributed by atoms with E-state index in [2.05, 4.69) is 9.30 Å². The van der Waals surface area contributed by atoms with Gasteiger partial charge in [-0.25, -0.2) is 8.42 Å². The molecule has 0 bridgehead atoms. The van der Waals surface area contributed by atoms with Gasteiger partial charge in [-0.15, -0.1) is 4.40 Å². The normalized spacial score (nSPS) is 19.9. The second kappa shape index (κ2) is 11.6. The average molecular weight is 569 g/mol. The molecular formula is C28H32N4O5S2. The number of hydrogen-bond donors (Lipinski definition) is 0. The fourth-order valence-electron chi connectivity index (χ4n) is 4.86. The molecule has 206 valence electrons. The highest BCUT2D eigenvalue weighted by molar-refractivity contribution is 7.90. The maximum Gasteiger partial charge on any atom is 0.283 e. The molecule has 0 spiro atoms. The molecule has 0 aromatic heterocycles. The van der Waals surface area contributed by atoms with E-state index < -0.39 is 26.2 Å². The van der Waals surface area contributed by atoms with Gasteiger partial charge in [-0.2, -0.15) is 12.7 Å². The number of hydrogen-bond acceptors (Lipinski definition) is 6. The Hall–Kier alpha value is -3.09. The highest BCUT2D eigenvalue weighted by Gasteiger charge is 2.43. The van der Waals surface area contributed by atoms with Crippen molar-refractivity contribution in [2.75, 3.05) is 45.9 Å². The van der Waals surface area contributed by atoms with E-state index >= 15 is 0 Å². The van der Waals surface area contributed by atoms with E-state index in [-0.39, 0.29) is 29.4 Å². The van der Waals surface area contributed by atoms with Crippen LogP contribution in [0.25, 0.3) is 0 Å². The zero-order valence-corrected chi connectivity index (χ0v) is 23.4. The molecule has 0 saturated carbocycles. The molecule has 5 rings (SSSR count). The van der Waals surface area contributed by atoms with Crippen LogP contribution in [-0.4, -0.2) is 82.7 Å². The van der Waals surface area contributed by atoms with Crippen LogP contribution in [-0.2, 0) is 24.8 Å². The third kappa shape index (κ3) is 6.07. The Morgan fingerprint density at radius 3 is 2.05 bits per heavy atom. The van der Waals surface area contributed by atoms with E-state index in [0.717, 1.165) is 11.1 Å². The standard InChI is InChI=1S/C28H32N4O5S2/c1-23-12-14-25(15-13-23)38(33,34)29-27(22-30-18-20-37-21-19-30)31-16-17-32(28(31)24-8-4-2-5-9-24)39(35,36)26-10-6-3-7-11-26/h2-15,28H,16-22H2,1H3. The molecule has 3 aromatic carbocycles. The van der Waals surface area contributed by atoms with Gasteiger partial charge in [-0.3, -0.25) is 4.90 Å². The minimum absolute atomic E-state index is 0.0943. The summed E-state index contributed by atoms with van der Waals surface area (Å²) in [7, 11) is -7.94. The third-order valence-electron chi connectivity index (χ3n) is 6.92. The van der Waals surface area contributed by atoms with Gasteiger partial charge in [0.2, 0.25) is 10.0 Å². The zero-order valence-electron chi connectivity index (χ0n) is 21.8. The van der Waals surface area contributed by atoms with Gasteiger partial charge in [0.25, 0.3) is 10.0 Å². The molecule has 2 heterocycles. The summed E-state index contributed by atoms with van der Waals surface area (Å²) < 4.78 is 66.0. The summed E-state index contributed by atoms with van der Waals surface area (Å²) in [5.74, 6) is 0.303. The number of nitrogens with zero attached hydrogens (tertiary/aromatic N) is 4. The Bertz CT molecular complexity index is 1510. The largest absolute Gasteiger partial charge is 0.379 e. The number of amidine groups is 1. The number of rotatable bonds is 7. The van der Waals surface area contributed by atoms with Gasteiger partial charge >= 0.3 is 0 Å². The highest BCUT2D eigenvalue weighted by atomic mass is 32.2. The first kappa shape index (κ1) is 27.5. The number of ether oxygens (including phenoxy) is 1. The Morgan fingerprint density at radius 1 is 0.795 bits per heavy atom. The Kier molecular flexibility index (Phi) is 8.15. The lowest BCUT2D eigenvalue weighted by atomic mass is 10.1. The van der Waals surface area contributed by atoms with E-state index in [0.29, 0.717) is 32.1 Å². The number of morpholine rings is 1. The van der Waals surface area contributed by atoms with E-state index in [1.54, 1.807) is 54.6 Å². The van der Waals surface area contributed by atoms with Crippen LogP contribution in [0.1, 0.15) is 17.3 Å². The van der Waals surface area contributed by atoms with Gasteiger partial charge in [-0.05, 0) is 36.8 Å². The molecular weight excluding hydrogens is 536 g/mol. The van der Waals surface area contributed by atoms with Crippen LogP contribution in [0.4, 0.5) is 0 Å². The van der Waals surface area contributed by atoms with Crippen LogP contribution in [0.2, 0.25) is 0 Å². The van der Waals surface area contributed by atoms with Crippen LogP contribution in [0.5, 0.6) is 0 Å². The van der Waals surface area contributed by atoms with Crippen LogP contribution >= 0.6 is 0 Å². The topological polar surface area (TPSA) is 99.6 Å². The number of benzene rings is 3. The van der Waals surface area contributed by atoms with Gasteiger partial charge < -0.3 is 9.64 Å². The molecule has 9 nitrogen and oxygen atoms in total. The summed E-state index contributed by atoms with van der Waals surface area (Å²) in [6, 6.07) is 24.1. The summed E-state index contributed by atoms with van der Waals surface area (Å²) in [5, 5.41) is 0. The Labute approximate surface area is 230 Å². The third-order valence-corrected chi connectivity index (χ3v) is 10.1. The average Bonchev–Trinajstić information content (AvgIpc) is 3.41. The fourth-order valence-corrected chi connectivity index (χ4v) is 7.48. The van der Waals surface area contributed by atoms with Crippen molar-refractivity contribution in [2.24, 2.45) is 4.40 Å². The van der Waals surface area contributed by atoms with Gasteiger partial charge in [-0.1, -0.05) is 66.2 Å². The molecule has 2 fully saturated rings. The van der Waals surface area contributed by atoms with Crippen LogP contribution in [0, 0.1) is 6.92 Å². The van der Waals surface area contributed by atoms with Crippen molar-refractivity contribution in [3.8, 4) is 0 Å². The summed E-state index contributed by atoms with van der Waals surface area (Å²) in [4.78, 5) is 4.18. The lowest BCUT2D eigenvalue weighted by Crippen LogP contribution is -2.46. The number of aryl methyl sites for hydroxylation is 1. The van der Waals surface area contributed by atoms with Crippen LogP contribution < -0.4 is 0 Å². The second-order valence-corrected chi connectivity index (χ2v) is 13.1. The first-order valence-electron chi connectivity index (χ1n) is 12.8. The van der Waals surface area contributed by atoms with Crippen molar-refractivity contribution in [1.82, 2.24) is 14.1 Å². The minimum Gasteiger partial charge on any atom is -0.379 e. The van der Waals surface area contributed by atoms with Gasteiger partial charge in [0.05, 0.1) is 29.5 Å². The molecule has 1 atom stereocenters. The molecule has 11 heteroatoms. The SMILES string of the molecule is Cc1ccc(S(=O)(=O)N=C(CN2CCOCC2)N2CCN(S(=O)(=O)c3ccccc3)C2c2ccccc2)cc1. The molecule has 0 aliphatic carbocycles. The van der Waals surface area contributed by atoms with Crippen molar-refractivity contribution in [3.63, 3.8) is 0 Å². The highest BCUT2D eigenvalue weighted by Crippen LogP contribution is 2.35. The molecule has 0 radical (unpaired) electrons. The van der Waals surface area contributed by atoms with E-state index in [9.17, 15) is 16.8 Å². The summed E-state index contributed by atoms with van der Waals surface area (Å²) in [5.41, 5.74) is 1.67. The smallest absolute Gasteiger partial charge is 0.283 e. The minimum atomic E-state index is -4.05. The van der Waals surface area contributed by atoms with Crippen molar-refractivity contribution in [3.05, 3.63) is 96.1 Å². The molecule has 39 heavy (non-hydrogen) atoms. The summed E-state index contributed by atoms with van der Waals surface area (Å²) >= 11 is 0. The lowest BCUT2D eigenvalue weighted by molar-refractivity contribution is 0.0438. The van der Waals surface area contributed by atoms with Crippen molar-refractivity contribution >= 4 is 25.9 Å². The van der Waals surface area contributed by atoms with E-state index in [1.807, 2.05) is 42.2 Å². The molecule has 3 aromatic rings. The summed E-state index contributed by atoms with van der Waals surface area (Å²) in [6.45, 7) is 4.93. The van der Waals surface area contributed by atoms with Gasteiger partial charge in [0, 0.05) is 26.2 Å². The molecule has 2 aliphatic heterocycles. The van der Waals surface area contributed by atoms with E-state index in [4.69, 9.17) is 4.74 Å². The fraction of sp³-hybridized carbons (Fsp3) is 0.321. The van der Waals surface area contributed by atoms with Crippen molar-refractivity contribution < 1.29 is 21.6 Å². The van der Waals surface area contributed by atoms with Gasteiger partial charge in [0.1, 0.15) is 12.0 Å². The molecule has 0 N–H and O–H groups in total. The first-order valence-corrected chi connectivity index (χ1v) is 15.7. The molecule has 1 unspecified atom stereocenters. The van der Waals surface area contributed by atoms with Gasteiger partial charge in [0.15, 0.2) is 0 Å². The molecule has 2 aliphatic rings.